The summed E-state index contributed by atoms with van der Waals surface area (Å²) < 4.78 is 31.0. The van der Waals surface area contributed by atoms with Crippen molar-refractivity contribution in [2.45, 2.75) is 45.2 Å². The Kier molecular flexibility index (Phi) is 6.51. The highest BCUT2D eigenvalue weighted by molar-refractivity contribution is 7.88. The van der Waals surface area contributed by atoms with Crippen molar-refractivity contribution >= 4 is 15.9 Å². The molecule has 0 aromatic heterocycles. The Balaban J connectivity index is 1.97. The summed E-state index contributed by atoms with van der Waals surface area (Å²) in [5.74, 6) is 0.164. The molecule has 8 heteroatoms. The van der Waals surface area contributed by atoms with Crippen LogP contribution in [0.5, 0.6) is 0 Å². The molecule has 7 nitrogen and oxygen atoms in total. The van der Waals surface area contributed by atoms with Crippen LogP contribution in [0.1, 0.15) is 33.1 Å². The molecule has 1 spiro atoms. The number of hydrogen-bond donors (Lipinski definition) is 0. The normalized spacial score (nSPS) is 24.6. The smallest absolute Gasteiger partial charge is 0.236 e. The van der Waals surface area contributed by atoms with Gasteiger partial charge in [-0.1, -0.05) is 0 Å². The molecule has 2 fully saturated rings. The lowest BCUT2D eigenvalue weighted by Gasteiger charge is -2.40. The van der Waals surface area contributed by atoms with Crippen molar-refractivity contribution in [2.75, 3.05) is 53.2 Å². The van der Waals surface area contributed by atoms with Gasteiger partial charge in [-0.25, -0.2) is 8.42 Å². The molecule has 1 amide bonds. The van der Waals surface area contributed by atoms with Crippen LogP contribution in [0.15, 0.2) is 0 Å². The third kappa shape index (κ3) is 4.93. The Hall–Kier alpha value is -0.700. The molecule has 0 aliphatic carbocycles. The quantitative estimate of drug-likeness (QED) is 0.681. The van der Waals surface area contributed by atoms with E-state index in [-0.39, 0.29) is 17.4 Å². The first-order valence-electron chi connectivity index (χ1n) is 9.02. The van der Waals surface area contributed by atoms with Crippen LogP contribution >= 0.6 is 0 Å². The first-order valence-corrected chi connectivity index (χ1v) is 10.9. The summed E-state index contributed by atoms with van der Waals surface area (Å²) in [6.45, 7) is 6.99. The van der Waals surface area contributed by atoms with Crippen molar-refractivity contribution in [1.29, 1.82) is 0 Å². The van der Waals surface area contributed by atoms with E-state index in [1.807, 2.05) is 16.8 Å². The number of likely N-dealkylation sites (tertiary alicyclic amines) is 1. The summed E-state index contributed by atoms with van der Waals surface area (Å²) in [4.78, 5) is 16.4. The monoisotopic (exact) mass is 375 g/mol. The maximum absolute atomic E-state index is 12.5. The first kappa shape index (κ1) is 20.6. The molecule has 1 atom stereocenters. The minimum absolute atomic E-state index is 0.0208. The average Bonchev–Trinajstić information content (AvgIpc) is 2.86. The Morgan fingerprint density at radius 2 is 1.92 bits per heavy atom. The largest absolute Gasteiger partial charge is 0.383 e. The second kappa shape index (κ2) is 7.90. The number of carbonyl (C=O) groups excluding carboxylic acids is 1. The summed E-state index contributed by atoms with van der Waals surface area (Å²) in [5.41, 5.74) is -0.0208. The van der Waals surface area contributed by atoms with Crippen molar-refractivity contribution in [3.8, 4) is 0 Å². The SMILES string of the molecule is COCC1CC2(CCN(C(=O)CN(C)C(C)C)CC2)CN1S(C)(=O)=O. The third-order valence-corrected chi connectivity index (χ3v) is 7.07. The molecule has 1 unspecified atom stereocenters. The lowest BCUT2D eigenvalue weighted by molar-refractivity contribution is -0.134. The van der Waals surface area contributed by atoms with Crippen LogP contribution in [0.3, 0.4) is 0 Å². The Morgan fingerprint density at radius 3 is 2.40 bits per heavy atom. The standard InChI is InChI=1S/C17H33N3O4S/c1-14(2)18(3)11-16(21)19-8-6-17(7-9-19)10-15(12-24-4)20(13-17)25(5,22)23/h14-15H,6-13H2,1-5H3. The molecule has 2 heterocycles. The van der Waals surface area contributed by atoms with E-state index in [2.05, 4.69) is 13.8 Å². The fourth-order valence-electron chi connectivity index (χ4n) is 3.94. The molecule has 0 aromatic rings. The van der Waals surface area contributed by atoms with Crippen molar-refractivity contribution < 1.29 is 17.9 Å². The zero-order valence-electron chi connectivity index (χ0n) is 16.2. The Bertz CT molecular complexity index is 570. The second-order valence-corrected chi connectivity index (χ2v) is 9.95. The Morgan fingerprint density at radius 1 is 1.32 bits per heavy atom. The summed E-state index contributed by atoms with van der Waals surface area (Å²) in [7, 11) is 0.333. The van der Waals surface area contributed by atoms with Crippen molar-refractivity contribution in [3.63, 3.8) is 0 Å². The zero-order chi connectivity index (χ0) is 18.8. The fraction of sp³-hybridized carbons (Fsp3) is 0.941. The molecule has 0 N–H and O–H groups in total. The molecular formula is C17H33N3O4S. The van der Waals surface area contributed by atoms with E-state index in [4.69, 9.17) is 4.74 Å². The summed E-state index contributed by atoms with van der Waals surface area (Å²) in [6.07, 6.45) is 3.81. The van der Waals surface area contributed by atoms with E-state index in [1.165, 1.54) is 6.26 Å². The third-order valence-electron chi connectivity index (χ3n) is 5.80. The van der Waals surface area contributed by atoms with Gasteiger partial charge in [0.05, 0.1) is 19.4 Å². The number of amides is 1. The molecule has 0 bridgehead atoms. The lowest BCUT2D eigenvalue weighted by Crippen LogP contribution is -2.48. The van der Waals surface area contributed by atoms with Gasteiger partial charge in [0.15, 0.2) is 0 Å². The van der Waals surface area contributed by atoms with Crippen LogP contribution in [0.4, 0.5) is 0 Å². The highest BCUT2D eigenvalue weighted by Crippen LogP contribution is 2.44. The number of sulfonamides is 1. The van der Waals surface area contributed by atoms with Crippen LogP contribution in [0.2, 0.25) is 0 Å². The van der Waals surface area contributed by atoms with E-state index in [0.29, 0.717) is 38.8 Å². The number of methoxy groups -OCH3 is 1. The first-order chi connectivity index (χ1) is 11.6. The fourth-order valence-corrected chi connectivity index (χ4v) is 5.12. The van der Waals surface area contributed by atoms with Gasteiger partial charge in [0.2, 0.25) is 15.9 Å². The van der Waals surface area contributed by atoms with Crippen LogP contribution in [0, 0.1) is 5.41 Å². The molecule has 2 aliphatic rings. The predicted octanol–water partition coefficient (Wildman–Crippen LogP) is 0.616. The molecule has 0 aromatic carbocycles. The minimum atomic E-state index is -3.24. The van der Waals surface area contributed by atoms with Gasteiger partial charge in [0.25, 0.3) is 0 Å². The average molecular weight is 376 g/mol. The molecule has 0 radical (unpaired) electrons. The summed E-state index contributed by atoms with van der Waals surface area (Å²) in [6, 6.07) is 0.252. The second-order valence-electron chi connectivity index (χ2n) is 8.01. The maximum atomic E-state index is 12.5. The van der Waals surface area contributed by atoms with Gasteiger partial charge < -0.3 is 9.64 Å². The van der Waals surface area contributed by atoms with Crippen LogP contribution in [-0.4, -0.2) is 93.7 Å². The molecule has 0 saturated carbocycles. The van der Waals surface area contributed by atoms with E-state index < -0.39 is 10.0 Å². The van der Waals surface area contributed by atoms with Gasteiger partial charge >= 0.3 is 0 Å². The number of nitrogens with zero attached hydrogens (tertiary/aromatic N) is 3. The molecule has 2 aliphatic heterocycles. The number of rotatable bonds is 6. The van der Waals surface area contributed by atoms with Crippen molar-refractivity contribution in [3.05, 3.63) is 0 Å². The number of ether oxygens (including phenoxy) is 1. The highest BCUT2D eigenvalue weighted by Gasteiger charge is 2.48. The van der Waals surface area contributed by atoms with Crippen molar-refractivity contribution in [1.82, 2.24) is 14.1 Å². The van der Waals surface area contributed by atoms with Gasteiger partial charge in [0.1, 0.15) is 0 Å². The maximum Gasteiger partial charge on any atom is 0.236 e. The molecule has 2 rings (SSSR count). The van der Waals surface area contributed by atoms with Gasteiger partial charge in [-0.3, -0.25) is 9.69 Å². The number of piperidine rings is 1. The zero-order valence-corrected chi connectivity index (χ0v) is 17.0. The van der Waals surface area contributed by atoms with Crippen molar-refractivity contribution in [2.24, 2.45) is 5.41 Å². The molecule has 146 valence electrons. The van der Waals surface area contributed by atoms with Crippen LogP contribution in [-0.2, 0) is 19.6 Å². The van der Waals surface area contributed by atoms with Gasteiger partial charge in [0, 0.05) is 38.8 Å². The summed E-state index contributed by atoms with van der Waals surface area (Å²) >= 11 is 0. The minimum Gasteiger partial charge on any atom is -0.383 e. The predicted molar refractivity (Wildman–Crippen MR) is 97.8 cm³/mol. The molecule has 2 saturated heterocycles. The number of likely N-dealkylation sites (N-methyl/N-ethyl adjacent to an activating group) is 1. The topological polar surface area (TPSA) is 70.2 Å². The number of hydrogen-bond acceptors (Lipinski definition) is 5. The van der Waals surface area contributed by atoms with Gasteiger partial charge in [-0.15, -0.1) is 0 Å². The number of carbonyl (C=O) groups is 1. The van der Waals surface area contributed by atoms with Crippen LogP contribution < -0.4 is 0 Å². The van der Waals surface area contributed by atoms with E-state index in [9.17, 15) is 13.2 Å². The van der Waals surface area contributed by atoms with Gasteiger partial charge in [-0.2, -0.15) is 4.31 Å². The van der Waals surface area contributed by atoms with Crippen LogP contribution in [0.25, 0.3) is 0 Å². The molecule has 25 heavy (non-hydrogen) atoms. The summed E-state index contributed by atoms with van der Waals surface area (Å²) in [5, 5.41) is 0. The lowest BCUT2D eigenvalue weighted by atomic mass is 9.76. The van der Waals surface area contributed by atoms with Gasteiger partial charge in [-0.05, 0) is 45.6 Å². The van der Waals surface area contributed by atoms with E-state index in [1.54, 1.807) is 11.4 Å². The molecular weight excluding hydrogens is 342 g/mol. The Labute approximate surface area is 152 Å². The highest BCUT2D eigenvalue weighted by atomic mass is 32.2. The van der Waals surface area contributed by atoms with E-state index in [0.717, 1.165) is 19.3 Å². The van der Waals surface area contributed by atoms with E-state index >= 15 is 0 Å².